The van der Waals surface area contributed by atoms with E-state index in [-0.39, 0.29) is 18.5 Å². The van der Waals surface area contributed by atoms with Crippen LogP contribution in [0.5, 0.6) is 0 Å². The molecule has 6 nitrogen and oxygen atoms in total. The minimum Gasteiger partial charge on any atom is -0.466 e. The average molecular weight is 1240 g/mol. The monoisotopic (exact) mass is 1240 g/mol. The summed E-state index contributed by atoms with van der Waals surface area (Å²) in [7, 11) is 0. The Morgan fingerprint density at radius 2 is 0.534 bits per heavy atom. The molecule has 0 radical (unpaired) electrons. The third kappa shape index (κ3) is 73.4. The van der Waals surface area contributed by atoms with Crippen molar-refractivity contribution in [1.82, 2.24) is 5.32 Å². The van der Waals surface area contributed by atoms with Gasteiger partial charge in [-0.15, -0.1) is 0 Å². The van der Waals surface area contributed by atoms with Gasteiger partial charge in [-0.25, -0.2) is 0 Å². The van der Waals surface area contributed by atoms with E-state index < -0.39 is 12.1 Å². The first-order chi connectivity index (χ1) is 43.5. The summed E-state index contributed by atoms with van der Waals surface area (Å²) >= 11 is 0. The molecule has 0 aliphatic heterocycles. The first-order valence-corrected chi connectivity index (χ1v) is 40.6. The van der Waals surface area contributed by atoms with Crippen molar-refractivity contribution in [1.29, 1.82) is 0 Å². The lowest BCUT2D eigenvalue weighted by Crippen LogP contribution is -2.45. The molecule has 0 spiro atoms. The normalized spacial score (nSPS) is 12.5. The Balaban J connectivity index is 3.35. The highest BCUT2D eigenvalue weighted by molar-refractivity contribution is 5.76. The second-order valence-electron chi connectivity index (χ2n) is 28.1. The molecule has 0 heterocycles. The summed E-state index contributed by atoms with van der Waals surface area (Å²) in [6, 6.07) is -0.541. The number of ether oxygens (including phenoxy) is 1. The Kier molecular flexibility index (Phi) is 76.3. The maximum absolute atomic E-state index is 12.6. The number of carbonyl (C=O) groups excluding carboxylic acids is 2. The summed E-state index contributed by atoms with van der Waals surface area (Å²) in [5, 5.41) is 23.5. The molecule has 0 saturated carbocycles. The number of unbranched alkanes of at least 4 members (excludes halogenated alkanes) is 62. The van der Waals surface area contributed by atoms with Gasteiger partial charge in [0.2, 0.25) is 5.91 Å². The Morgan fingerprint density at radius 1 is 0.307 bits per heavy atom. The Bertz CT molecular complexity index is 1380. The van der Waals surface area contributed by atoms with Gasteiger partial charge in [-0.1, -0.05) is 398 Å². The van der Waals surface area contributed by atoms with E-state index in [1.165, 1.54) is 385 Å². The van der Waals surface area contributed by atoms with Crippen LogP contribution in [0, 0.1) is 0 Å². The smallest absolute Gasteiger partial charge is 0.305 e. The van der Waals surface area contributed by atoms with Crippen molar-refractivity contribution in [2.45, 2.75) is 475 Å². The van der Waals surface area contributed by atoms with Gasteiger partial charge in [0.05, 0.1) is 25.4 Å². The second kappa shape index (κ2) is 77.8. The molecule has 0 rings (SSSR count). The molecule has 0 aliphatic carbocycles. The lowest BCUT2D eigenvalue weighted by Gasteiger charge is -2.22. The number of hydrogen-bond acceptors (Lipinski definition) is 5. The molecule has 0 aromatic carbocycles. The van der Waals surface area contributed by atoms with Gasteiger partial charge < -0.3 is 20.3 Å². The molecule has 3 N–H and O–H groups in total. The van der Waals surface area contributed by atoms with Crippen LogP contribution in [-0.4, -0.2) is 47.4 Å². The number of hydrogen-bond donors (Lipinski definition) is 3. The van der Waals surface area contributed by atoms with Gasteiger partial charge in [-0.05, 0) is 77.0 Å². The largest absolute Gasteiger partial charge is 0.466 e. The van der Waals surface area contributed by atoms with E-state index in [0.29, 0.717) is 25.9 Å². The number of amides is 1. The molecule has 0 aromatic heterocycles. The molecule has 522 valence electrons. The van der Waals surface area contributed by atoms with E-state index in [2.05, 4.69) is 43.5 Å². The van der Waals surface area contributed by atoms with Crippen molar-refractivity contribution in [3.63, 3.8) is 0 Å². The Labute approximate surface area is 551 Å². The standard InChI is InChI=1S/C82H159NO5/c1-3-5-7-9-11-13-15-17-19-21-22-23-34-37-40-43-46-50-54-58-62-66-70-74-80(85)79(78-84)83-81(86)75-71-67-63-59-55-51-47-44-41-38-35-32-30-28-26-24-25-27-29-31-33-36-39-42-45-49-53-57-61-65-69-73-77-88-82(87)76-72-68-64-60-56-52-48-20-18-16-14-12-10-8-6-4-2/h20,27,29,48,79-80,84-85H,3-19,21-26,28,30-47,49-78H2,1-2H3,(H,83,86)/b29-27-,48-20-. The zero-order chi connectivity index (χ0) is 63.5. The molecule has 0 bridgehead atoms. The minimum atomic E-state index is -0.664. The zero-order valence-electron chi connectivity index (χ0n) is 60.0. The fourth-order valence-corrected chi connectivity index (χ4v) is 13.0. The van der Waals surface area contributed by atoms with E-state index in [0.717, 1.165) is 44.9 Å². The molecular weight excluding hydrogens is 1080 g/mol. The molecule has 2 atom stereocenters. The fourth-order valence-electron chi connectivity index (χ4n) is 13.0. The lowest BCUT2D eigenvalue weighted by molar-refractivity contribution is -0.143. The molecule has 0 saturated heterocycles. The predicted octanol–water partition coefficient (Wildman–Crippen LogP) is 26.8. The summed E-state index contributed by atoms with van der Waals surface area (Å²) < 4.78 is 5.50. The minimum absolute atomic E-state index is 0.0119. The van der Waals surface area contributed by atoms with Crippen molar-refractivity contribution in [2.24, 2.45) is 0 Å². The lowest BCUT2D eigenvalue weighted by atomic mass is 10.0. The first-order valence-electron chi connectivity index (χ1n) is 40.6. The number of esters is 1. The molecule has 0 aliphatic rings. The quantitative estimate of drug-likeness (QED) is 0.0320. The van der Waals surface area contributed by atoms with Crippen molar-refractivity contribution in [2.75, 3.05) is 13.2 Å². The Hall–Kier alpha value is -1.66. The van der Waals surface area contributed by atoms with Crippen LogP contribution < -0.4 is 5.32 Å². The number of carbonyl (C=O) groups is 2. The van der Waals surface area contributed by atoms with Gasteiger partial charge in [0.1, 0.15) is 0 Å². The highest BCUT2D eigenvalue weighted by atomic mass is 16.5. The Morgan fingerprint density at radius 3 is 0.807 bits per heavy atom. The summed E-state index contributed by atoms with van der Waals surface area (Å²) in [5.74, 6) is -0.0147. The van der Waals surface area contributed by atoms with Crippen LogP contribution in [0.2, 0.25) is 0 Å². The molecule has 0 fully saturated rings. The number of aliphatic hydroxyl groups is 2. The fraction of sp³-hybridized carbons (Fsp3) is 0.927. The van der Waals surface area contributed by atoms with Crippen LogP contribution in [0.4, 0.5) is 0 Å². The third-order valence-corrected chi connectivity index (χ3v) is 19.2. The zero-order valence-corrected chi connectivity index (χ0v) is 60.0. The highest BCUT2D eigenvalue weighted by Gasteiger charge is 2.20. The molecule has 6 heteroatoms. The number of nitrogens with one attached hydrogen (secondary N) is 1. The molecule has 0 aromatic rings. The van der Waals surface area contributed by atoms with E-state index >= 15 is 0 Å². The second-order valence-corrected chi connectivity index (χ2v) is 28.1. The van der Waals surface area contributed by atoms with Crippen LogP contribution >= 0.6 is 0 Å². The van der Waals surface area contributed by atoms with Crippen LogP contribution in [0.25, 0.3) is 0 Å². The highest BCUT2D eigenvalue weighted by Crippen LogP contribution is 2.20. The first kappa shape index (κ1) is 86.3. The third-order valence-electron chi connectivity index (χ3n) is 19.2. The van der Waals surface area contributed by atoms with Gasteiger partial charge >= 0.3 is 5.97 Å². The number of rotatable bonds is 77. The average Bonchev–Trinajstić information content (AvgIpc) is 3.58. The van der Waals surface area contributed by atoms with Crippen molar-refractivity contribution < 1.29 is 24.5 Å². The number of aliphatic hydroxyl groups excluding tert-OH is 2. The maximum Gasteiger partial charge on any atom is 0.305 e. The van der Waals surface area contributed by atoms with E-state index in [1.807, 2.05) is 0 Å². The van der Waals surface area contributed by atoms with Crippen LogP contribution in [0.1, 0.15) is 463 Å². The van der Waals surface area contributed by atoms with Gasteiger partial charge in [0, 0.05) is 12.8 Å². The summed E-state index contributed by atoms with van der Waals surface area (Å²) in [6.07, 6.45) is 99.9. The molecule has 1 amide bonds. The van der Waals surface area contributed by atoms with Crippen molar-refractivity contribution in [3.05, 3.63) is 24.3 Å². The molecule has 88 heavy (non-hydrogen) atoms. The van der Waals surface area contributed by atoms with E-state index in [1.54, 1.807) is 0 Å². The summed E-state index contributed by atoms with van der Waals surface area (Å²) in [5.41, 5.74) is 0. The van der Waals surface area contributed by atoms with Gasteiger partial charge in [-0.3, -0.25) is 9.59 Å². The number of allylic oxidation sites excluding steroid dienone is 4. The van der Waals surface area contributed by atoms with E-state index in [4.69, 9.17) is 4.74 Å². The topological polar surface area (TPSA) is 95.9 Å². The summed E-state index contributed by atoms with van der Waals surface area (Å²) in [6.45, 7) is 5.00. The molecule has 2 unspecified atom stereocenters. The van der Waals surface area contributed by atoms with Gasteiger partial charge in [0.15, 0.2) is 0 Å². The van der Waals surface area contributed by atoms with Crippen LogP contribution in [0.3, 0.4) is 0 Å². The van der Waals surface area contributed by atoms with Crippen LogP contribution in [0.15, 0.2) is 24.3 Å². The van der Waals surface area contributed by atoms with Gasteiger partial charge in [0.25, 0.3) is 0 Å². The molecular formula is C82H159NO5. The predicted molar refractivity (Wildman–Crippen MR) is 389 cm³/mol. The SMILES string of the molecule is CCCCCCCCC/C=C\CCCCCCCC(=O)OCCCCCCCCCCCCCC/C=C\CCCCCCCCCCCCCCCCCCC(=O)NC(CO)C(O)CCCCCCCCCCCCCCCCCCCCCCCCC. The van der Waals surface area contributed by atoms with Gasteiger partial charge in [-0.2, -0.15) is 0 Å². The maximum atomic E-state index is 12.6. The van der Waals surface area contributed by atoms with Crippen molar-refractivity contribution in [3.8, 4) is 0 Å². The van der Waals surface area contributed by atoms with Crippen LogP contribution in [-0.2, 0) is 14.3 Å². The van der Waals surface area contributed by atoms with E-state index in [9.17, 15) is 19.8 Å². The van der Waals surface area contributed by atoms with Crippen molar-refractivity contribution >= 4 is 11.9 Å². The summed E-state index contributed by atoms with van der Waals surface area (Å²) in [4.78, 5) is 24.7.